The molecule has 0 aliphatic heterocycles. The first-order valence-electron chi connectivity index (χ1n) is 5.04. The van der Waals surface area contributed by atoms with Gasteiger partial charge in [0.25, 0.3) is 5.56 Å². The van der Waals surface area contributed by atoms with Crippen molar-refractivity contribution in [2.45, 2.75) is 26.4 Å². The van der Waals surface area contributed by atoms with Crippen LogP contribution in [0.5, 0.6) is 0 Å². The van der Waals surface area contributed by atoms with Gasteiger partial charge in [0.15, 0.2) is 5.65 Å². The maximum absolute atomic E-state index is 12.4. The molecule has 0 aliphatic carbocycles. The van der Waals surface area contributed by atoms with Gasteiger partial charge in [0.05, 0.1) is 10.9 Å². The molecule has 0 radical (unpaired) electrons. The fourth-order valence-electron chi connectivity index (χ4n) is 1.70. The van der Waals surface area contributed by atoms with E-state index in [1.807, 2.05) is 0 Å². The second-order valence-corrected chi connectivity index (χ2v) is 4.78. The Bertz CT molecular complexity index is 672. The van der Waals surface area contributed by atoms with Gasteiger partial charge in [-0.3, -0.25) is 9.89 Å². The van der Waals surface area contributed by atoms with Gasteiger partial charge in [-0.1, -0.05) is 0 Å². The van der Waals surface area contributed by atoms with Gasteiger partial charge >= 0.3 is 6.18 Å². The minimum atomic E-state index is -4.43. The van der Waals surface area contributed by atoms with Gasteiger partial charge in [0, 0.05) is 17.0 Å². The monoisotopic (exact) mass is 323 g/mol. The number of rotatable bonds is 1. The topological polar surface area (TPSA) is 50.2 Å². The molecule has 2 aromatic rings. The standard InChI is InChI=1S/C10H9BrF3N3O/c1-4-6(3-10(12,13)14)9(18)17-8(15-4)7(11)5(2)16-17/h16H,3H2,1-2H3. The van der Waals surface area contributed by atoms with E-state index in [1.54, 1.807) is 6.92 Å². The molecule has 1 N–H and O–H groups in total. The van der Waals surface area contributed by atoms with Crippen molar-refractivity contribution < 1.29 is 13.2 Å². The average molecular weight is 324 g/mol. The molecule has 0 aliphatic rings. The van der Waals surface area contributed by atoms with E-state index in [2.05, 4.69) is 26.0 Å². The van der Waals surface area contributed by atoms with Crippen molar-refractivity contribution in [3.8, 4) is 0 Å². The van der Waals surface area contributed by atoms with Gasteiger partial charge in [0.2, 0.25) is 0 Å². The van der Waals surface area contributed by atoms with Crippen LogP contribution in [0.2, 0.25) is 0 Å². The summed E-state index contributed by atoms with van der Waals surface area (Å²) >= 11 is 3.23. The van der Waals surface area contributed by atoms with Crippen molar-refractivity contribution in [3.63, 3.8) is 0 Å². The number of aromatic nitrogens is 3. The third-order valence-corrected chi connectivity index (χ3v) is 3.52. The van der Waals surface area contributed by atoms with Crippen LogP contribution in [-0.4, -0.2) is 20.8 Å². The zero-order valence-electron chi connectivity index (χ0n) is 9.52. The fourth-order valence-corrected chi connectivity index (χ4v) is 2.06. The molecule has 98 valence electrons. The van der Waals surface area contributed by atoms with Crippen molar-refractivity contribution in [1.29, 1.82) is 0 Å². The Balaban J connectivity index is 2.74. The first-order chi connectivity index (χ1) is 8.20. The predicted octanol–water partition coefficient (Wildman–Crippen LogP) is 2.51. The Kier molecular flexibility index (Phi) is 3.00. The van der Waals surface area contributed by atoms with Crippen molar-refractivity contribution in [3.05, 3.63) is 31.8 Å². The summed E-state index contributed by atoms with van der Waals surface area (Å²) in [5, 5.41) is 2.68. The van der Waals surface area contributed by atoms with E-state index in [0.29, 0.717) is 15.8 Å². The Morgan fingerprint density at radius 1 is 1.39 bits per heavy atom. The summed E-state index contributed by atoms with van der Waals surface area (Å²) in [6, 6.07) is 0. The predicted molar refractivity (Wildman–Crippen MR) is 62.7 cm³/mol. The van der Waals surface area contributed by atoms with E-state index in [1.165, 1.54) is 6.92 Å². The summed E-state index contributed by atoms with van der Waals surface area (Å²) in [7, 11) is 0. The number of alkyl halides is 3. The van der Waals surface area contributed by atoms with E-state index in [9.17, 15) is 18.0 Å². The molecule has 2 heterocycles. The lowest BCUT2D eigenvalue weighted by molar-refractivity contribution is -0.127. The maximum Gasteiger partial charge on any atom is 0.393 e. The summed E-state index contributed by atoms with van der Waals surface area (Å²) in [5.41, 5.74) is -0.0431. The van der Waals surface area contributed by atoms with Gasteiger partial charge in [0.1, 0.15) is 0 Å². The van der Waals surface area contributed by atoms with Crippen molar-refractivity contribution in [1.82, 2.24) is 14.6 Å². The van der Waals surface area contributed by atoms with Crippen LogP contribution in [0.3, 0.4) is 0 Å². The molecule has 2 aromatic heterocycles. The average Bonchev–Trinajstić information content (AvgIpc) is 2.51. The lowest BCUT2D eigenvalue weighted by Gasteiger charge is -2.08. The molecule has 18 heavy (non-hydrogen) atoms. The molecule has 0 saturated carbocycles. The van der Waals surface area contributed by atoms with Crippen molar-refractivity contribution >= 4 is 21.6 Å². The molecule has 0 atom stereocenters. The molecule has 0 amide bonds. The number of H-pyrrole nitrogens is 1. The Hall–Kier alpha value is -1.31. The first-order valence-corrected chi connectivity index (χ1v) is 5.83. The molecule has 8 heteroatoms. The van der Waals surface area contributed by atoms with Crippen molar-refractivity contribution in [2.75, 3.05) is 0 Å². The number of aromatic amines is 1. The van der Waals surface area contributed by atoms with Crippen LogP contribution >= 0.6 is 15.9 Å². The quantitative estimate of drug-likeness (QED) is 0.876. The number of hydrogen-bond donors (Lipinski definition) is 1. The van der Waals surface area contributed by atoms with Gasteiger partial charge < -0.3 is 0 Å². The van der Waals surface area contributed by atoms with Crippen LogP contribution in [0.4, 0.5) is 13.2 Å². The molecule has 0 spiro atoms. The van der Waals surface area contributed by atoms with E-state index in [0.717, 1.165) is 4.52 Å². The molecule has 0 unspecified atom stereocenters. The number of nitrogens with one attached hydrogen (secondary N) is 1. The zero-order valence-corrected chi connectivity index (χ0v) is 11.1. The molecule has 0 bridgehead atoms. The lowest BCUT2D eigenvalue weighted by Crippen LogP contribution is -2.26. The Morgan fingerprint density at radius 2 is 2.00 bits per heavy atom. The summed E-state index contributed by atoms with van der Waals surface area (Å²) in [6.45, 7) is 3.09. The van der Waals surface area contributed by atoms with Gasteiger partial charge in [-0.15, -0.1) is 0 Å². The second-order valence-electron chi connectivity index (χ2n) is 3.98. The molecule has 2 rings (SSSR count). The highest BCUT2D eigenvalue weighted by Gasteiger charge is 2.31. The van der Waals surface area contributed by atoms with E-state index >= 15 is 0 Å². The number of nitrogens with zero attached hydrogens (tertiary/aromatic N) is 2. The summed E-state index contributed by atoms with van der Waals surface area (Å²) in [6.07, 6.45) is -5.71. The smallest absolute Gasteiger partial charge is 0.293 e. The third kappa shape index (κ3) is 2.16. The SMILES string of the molecule is Cc1nc2c(Br)c(C)[nH]n2c(=O)c1CC(F)(F)F. The van der Waals surface area contributed by atoms with Crippen LogP contribution in [0.1, 0.15) is 17.0 Å². The molecule has 0 aromatic carbocycles. The van der Waals surface area contributed by atoms with Crippen LogP contribution in [0, 0.1) is 13.8 Å². The highest BCUT2D eigenvalue weighted by atomic mass is 79.9. The highest BCUT2D eigenvalue weighted by Crippen LogP contribution is 2.23. The minimum Gasteiger partial charge on any atom is -0.293 e. The largest absolute Gasteiger partial charge is 0.393 e. The number of aryl methyl sites for hydroxylation is 2. The van der Waals surface area contributed by atoms with Crippen LogP contribution in [-0.2, 0) is 6.42 Å². The Morgan fingerprint density at radius 3 is 2.56 bits per heavy atom. The molecular formula is C10H9BrF3N3O. The first kappa shape index (κ1) is 13.1. The summed E-state index contributed by atoms with van der Waals surface area (Å²) in [5.74, 6) is 0. The third-order valence-electron chi connectivity index (χ3n) is 2.57. The molecule has 0 saturated heterocycles. The summed E-state index contributed by atoms with van der Waals surface area (Å²) in [4.78, 5) is 16.0. The normalized spacial score (nSPS) is 12.3. The van der Waals surface area contributed by atoms with E-state index < -0.39 is 18.2 Å². The fraction of sp³-hybridized carbons (Fsp3) is 0.400. The van der Waals surface area contributed by atoms with Crippen molar-refractivity contribution in [2.24, 2.45) is 0 Å². The van der Waals surface area contributed by atoms with E-state index in [-0.39, 0.29) is 11.3 Å². The molecule has 4 nitrogen and oxygen atoms in total. The van der Waals surface area contributed by atoms with Gasteiger partial charge in [-0.2, -0.15) is 17.7 Å². The minimum absolute atomic E-state index is 0.0945. The molecular weight excluding hydrogens is 315 g/mol. The molecule has 0 fully saturated rings. The highest BCUT2D eigenvalue weighted by molar-refractivity contribution is 9.10. The number of fused-ring (bicyclic) bond motifs is 1. The maximum atomic E-state index is 12.4. The number of hydrogen-bond acceptors (Lipinski definition) is 2. The number of halogens is 4. The van der Waals surface area contributed by atoms with Gasteiger partial charge in [-0.25, -0.2) is 4.98 Å². The second kappa shape index (κ2) is 4.11. The van der Waals surface area contributed by atoms with Gasteiger partial charge in [-0.05, 0) is 29.8 Å². The van der Waals surface area contributed by atoms with Crippen LogP contribution in [0.25, 0.3) is 5.65 Å². The Labute approximate surface area is 108 Å². The lowest BCUT2D eigenvalue weighted by atomic mass is 10.1. The summed E-state index contributed by atoms with van der Waals surface area (Å²) < 4.78 is 38.8. The van der Waals surface area contributed by atoms with Crippen LogP contribution < -0.4 is 5.56 Å². The van der Waals surface area contributed by atoms with Crippen LogP contribution in [0.15, 0.2) is 9.27 Å². The van der Waals surface area contributed by atoms with E-state index in [4.69, 9.17) is 0 Å². The zero-order chi connectivity index (χ0) is 13.7.